The third-order valence-corrected chi connectivity index (χ3v) is 2.40. The van der Waals surface area contributed by atoms with Gasteiger partial charge in [0.05, 0.1) is 13.2 Å². The topological polar surface area (TPSA) is 35.5 Å². The molecule has 0 atom stereocenters. The lowest BCUT2D eigenvalue weighted by Crippen LogP contribution is -2.24. The fourth-order valence-electron chi connectivity index (χ4n) is 1.37. The highest BCUT2D eigenvalue weighted by atomic mass is 16.7. The van der Waals surface area contributed by atoms with Crippen molar-refractivity contribution < 1.29 is 14.3 Å². The van der Waals surface area contributed by atoms with Gasteiger partial charge in [0.15, 0.2) is 5.79 Å². The number of rotatable bonds is 6. The fourth-order valence-corrected chi connectivity index (χ4v) is 1.37. The van der Waals surface area contributed by atoms with Crippen molar-refractivity contribution in [1.82, 2.24) is 0 Å². The molecule has 0 radical (unpaired) electrons. The molecule has 3 heteroatoms. The lowest BCUT2D eigenvalue weighted by molar-refractivity contribution is -0.145. The molecule has 1 saturated heterocycles. The highest BCUT2D eigenvalue weighted by molar-refractivity contribution is 5.75. The van der Waals surface area contributed by atoms with Gasteiger partial charge in [-0.3, -0.25) is 0 Å². The lowest BCUT2D eigenvalue weighted by Gasteiger charge is -2.20. The number of ether oxygens (including phenoxy) is 2. The Morgan fingerprint density at radius 3 is 2.12 bits per heavy atom. The highest BCUT2D eigenvalue weighted by Crippen LogP contribution is 2.23. The molecule has 3 nitrogen and oxygen atoms in total. The van der Waals surface area contributed by atoms with Gasteiger partial charge in [-0.05, 0) is 26.7 Å². The second-order valence-electron chi connectivity index (χ2n) is 4.19. The van der Waals surface area contributed by atoms with E-state index in [0.29, 0.717) is 6.42 Å². The minimum atomic E-state index is -0.325. The maximum absolute atomic E-state index is 10.2. The van der Waals surface area contributed by atoms with Crippen LogP contribution in [0.2, 0.25) is 0 Å². The first kappa shape index (κ1) is 16.1. The van der Waals surface area contributed by atoms with Crippen molar-refractivity contribution in [3.63, 3.8) is 0 Å². The van der Waals surface area contributed by atoms with Gasteiger partial charge in [-0.1, -0.05) is 12.2 Å². The van der Waals surface area contributed by atoms with Gasteiger partial charge in [-0.25, -0.2) is 0 Å². The monoisotopic (exact) mass is 240 g/mol. The summed E-state index contributed by atoms with van der Waals surface area (Å²) in [6, 6.07) is 0. The number of hydrogen-bond donors (Lipinski definition) is 0. The van der Waals surface area contributed by atoms with Crippen LogP contribution in [0.5, 0.6) is 0 Å². The summed E-state index contributed by atoms with van der Waals surface area (Å²) >= 11 is 0. The molecule has 0 N–H and O–H groups in total. The lowest BCUT2D eigenvalue weighted by atomic mass is 10.2. The van der Waals surface area contributed by atoms with Crippen LogP contribution in [-0.4, -0.2) is 24.8 Å². The largest absolute Gasteiger partial charge is 0.348 e. The third-order valence-electron chi connectivity index (χ3n) is 2.40. The summed E-state index contributed by atoms with van der Waals surface area (Å²) in [5.74, 6) is -0.0892. The van der Waals surface area contributed by atoms with E-state index in [4.69, 9.17) is 9.47 Å². The molecule has 0 spiro atoms. The molecule has 0 aliphatic carbocycles. The van der Waals surface area contributed by atoms with E-state index in [1.807, 2.05) is 13.0 Å². The standard InChI is InChI=1S/C8H14O2.C6H10O/c1-3-4-5-8(2)9-6-7-10-8;1-3-4-5-6(2)7/h3H,1,4-7H2,2H3;3H,1,4-5H2,2H3. The summed E-state index contributed by atoms with van der Waals surface area (Å²) < 4.78 is 10.7. The highest BCUT2D eigenvalue weighted by Gasteiger charge is 2.29. The zero-order chi connectivity index (χ0) is 13.1. The maximum atomic E-state index is 10.2. The molecule has 0 aromatic rings. The summed E-state index contributed by atoms with van der Waals surface area (Å²) in [5.41, 5.74) is 0. The molecule has 0 saturated carbocycles. The number of carbonyl (C=O) groups is 1. The van der Waals surface area contributed by atoms with Crippen molar-refractivity contribution in [2.75, 3.05) is 13.2 Å². The quantitative estimate of drug-likeness (QED) is 0.668. The molecule has 0 unspecified atom stereocenters. The van der Waals surface area contributed by atoms with Crippen LogP contribution in [0.15, 0.2) is 25.3 Å². The molecule has 1 aliphatic rings. The van der Waals surface area contributed by atoms with E-state index in [9.17, 15) is 4.79 Å². The van der Waals surface area contributed by atoms with E-state index in [2.05, 4.69) is 13.2 Å². The van der Waals surface area contributed by atoms with Crippen molar-refractivity contribution >= 4 is 5.78 Å². The minimum Gasteiger partial charge on any atom is -0.348 e. The van der Waals surface area contributed by atoms with Crippen molar-refractivity contribution in [3.05, 3.63) is 25.3 Å². The summed E-state index contributed by atoms with van der Waals surface area (Å²) in [6.45, 7) is 12.1. The van der Waals surface area contributed by atoms with Gasteiger partial charge < -0.3 is 14.3 Å². The first-order valence-electron chi connectivity index (χ1n) is 6.03. The SMILES string of the molecule is C=CCCC(C)=O.C=CCCC1(C)OCCO1. The Balaban J connectivity index is 0.000000325. The van der Waals surface area contributed by atoms with E-state index in [1.165, 1.54) is 0 Å². The molecule has 0 aromatic carbocycles. The van der Waals surface area contributed by atoms with Crippen molar-refractivity contribution in [2.45, 2.75) is 45.3 Å². The van der Waals surface area contributed by atoms with E-state index >= 15 is 0 Å². The van der Waals surface area contributed by atoms with Crippen LogP contribution >= 0.6 is 0 Å². The van der Waals surface area contributed by atoms with Crippen molar-refractivity contribution in [1.29, 1.82) is 0 Å². The van der Waals surface area contributed by atoms with Gasteiger partial charge in [-0.2, -0.15) is 0 Å². The summed E-state index contributed by atoms with van der Waals surface area (Å²) in [7, 11) is 0. The van der Waals surface area contributed by atoms with Crippen LogP contribution in [0.4, 0.5) is 0 Å². The predicted molar refractivity (Wildman–Crippen MR) is 69.9 cm³/mol. The first-order valence-corrected chi connectivity index (χ1v) is 6.03. The van der Waals surface area contributed by atoms with E-state index in [1.54, 1.807) is 13.0 Å². The van der Waals surface area contributed by atoms with Crippen molar-refractivity contribution in [3.8, 4) is 0 Å². The van der Waals surface area contributed by atoms with Crippen LogP contribution in [0.3, 0.4) is 0 Å². The Hall–Kier alpha value is -0.930. The van der Waals surface area contributed by atoms with E-state index in [-0.39, 0.29) is 11.6 Å². The Bertz CT molecular complexity index is 240. The van der Waals surface area contributed by atoms with Crippen molar-refractivity contribution in [2.24, 2.45) is 0 Å². The Morgan fingerprint density at radius 1 is 1.24 bits per heavy atom. The Kier molecular flexibility index (Phi) is 8.64. The van der Waals surface area contributed by atoms with Crippen LogP contribution in [0.1, 0.15) is 39.5 Å². The van der Waals surface area contributed by atoms with Crippen LogP contribution in [0.25, 0.3) is 0 Å². The molecule has 17 heavy (non-hydrogen) atoms. The summed E-state index contributed by atoms with van der Waals surface area (Å²) in [6.07, 6.45) is 6.96. The summed E-state index contributed by atoms with van der Waals surface area (Å²) in [5, 5.41) is 0. The molecule has 1 fully saturated rings. The molecule has 0 amide bonds. The normalized spacial score (nSPS) is 16.8. The van der Waals surface area contributed by atoms with Gasteiger partial charge in [0, 0.05) is 12.8 Å². The second kappa shape index (κ2) is 9.14. The second-order valence-corrected chi connectivity index (χ2v) is 4.19. The van der Waals surface area contributed by atoms with Gasteiger partial charge in [0.1, 0.15) is 5.78 Å². The average Bonchev–Trinajstić information content (AvgIpc) is 2.72. The van der Waals surface area contributed by atoms with E-state index < -0.39 is 0 Å². The smallest absolute Gasteiger partial charge is 0.166 e. The third kappa shape index (κ3) is 8.83. The van der Waals surface area contributed by atoms with Gasteiger partial charge in [0.2, 0.25) is 0 Å². The van der Waals surface area contributed by atoms with Gasteiger partial charge >= 0.3 is 0 Å². The average molecular weight is 240 g/mol. The predicted octanol–water partition coefficient (Wildman–Crippen LogP) is 3.26. The molecular weight excluding hydrogens is 216 g/mol. The first-order chi connectivity index (χ1) is 8.04. The number of Topliss-reactive ketones (excluding diaryl/α,β-unsaturated/α-hetero) is 1. The van der Waals surface area contributed by atoms with Gasteiger partial charge in [0.25, 0.3) is 0 Å². The van der Waals surface area contributed by atoms with Crippen LogP contribution in [0, 0.1) is 0 Å². The molecule has 0 bridgehead atoms. The van der Waals surface area contributed by atoms with Gasteiger partial charge in [-0.15, -0.1) is 13.2 Å². The molecule has 1 rings (SSSR count). The zero-order valence-electron chi connectivity index (χ0n) is 11.0. The van der Waals surface area contributed by atoms with E-state index in [0.717, 1.165) is 32.5 Å². The summed E-state index contributed by atoms with van der Waals surface area (Å²) in [4.78, 5) is 10.2. The zero-order valence-corrected chi connectivity index (χ0v) is 11.0. The Morgan fingerprint density at radius 2 is 1.76 bits per heavy atom. The number of allylic oxidation sites excluding steroid dienone is 2. The number of carbonyl (C=O) groups excluding carboxylic acids is 1. The number of ketones is 1. The molecule has 1 heterocycles. The molecular formula is C14H24O3. The molecule has 98 valence electrons. The number of hydrogen-bond acceptors (Lipinski definition) is 3. The fraction of sp³-hybridized carbons (Fsp3) is 0.643. The molecule has 1 aliphatic heterocycles. The maximum Gasteiger partial charge on any atom is 0.166 e. The molecule has 0 aromatic heterocycles. The van der Waals surface area contributed by atoms with Crippen LogP contribution in [-0.2, 0) is 14.3 Å². The minimum absolute atomic E-state index is 0.236. The Labute approximate surface area is 104 Å². The van der Waals surface area contributed by atoms with Crippen LogP contribution < -0.4 is 0 Å².